The summed E-state index contributed by atoms with van der Waals surface area (Å²) in [6.45, 7) is 8.07. The van der Waals surface area contributed by atoms with Crippen LogP contribution in [0.3, 0.4) is 0 Å². The summed E-state index contributed by atoms with van der Waals surface area (Å²) >= 11 is 0. The van der Waals surface area contributed by atoms with Crippen molar-refractivity contribution in [2.75, 3.05) is 26.4 Å². The van der Waals surface area contributed by atoms with Gasteiger partial charge in [0.2, 0.25) is 5.76 Å². The minimum absolute atomic E-state index is 0.109. The van der Waals surface area contributed by atoms with Crippen molar-refractivity contribution in [2.24, 2.45) is 0 Å². The predicted molar refractivity (Wildman–Crippen MR) is 86.1 cm³/mol. The molecule has 0 spiro atoms. The molecule has 8 heteroatoms. The first-order chi connectivity index (χ1) is 11.4. The van der Waals surface area contributed by atoms with Gasteiger partial charge in [0.25, 0.3) is 0 Å². The second-order valence-electron chi connectivity index (χ2n) is 5.07. The molecule has 0 aliphatic carbocycles. The Hall–Kier alpha value is -2.09. The summed E-state index contributed by atoms with van der Waals surface area (Å²) in [5, 5.41) is 9.59. The zero-order chi connectivity index (χ0) is 18.2. The fraction of sp³-hybridized carbons (Fsp3) is 0.688. The van der Waals surface area contributed by atoms with Crippen LogP contribution in [-0.4, -0.2) is 54.8 Å². The van der Waals surface area contributed by atoms with Crippen molar-refractivity contribution in [2.45, 2.75) is 46.1 Å². The van der Waals surface area contributed by atoms with E-state index in [2.05, 4.69) is 0 Å². The molecule has 1 aliphatic heterocycles. The molecule has 8 nitrogen and oxygen atoms in total. The second kappa shape index (κ2) is 9.27. The lowest BCUT2D eigenvalue weighted by Crippen LogP contribution is -2.55. The summed E-state index contributed by atoms with van der Waals surface area (Å²) in [6, 6.07) is 0. The molecule has 0 atom stereocenters. The third kappa shape index (κ3) is 4.70. The van der Waals surface area contributed by atoms with Crippen molar-refractivity contribution in [3.05, 3.63) is 11.8 Å². The van der Waals surface area contributed by atoms with Crippen molar-refractivity contribution >= 4 is 17.8 Å². The number of amidine groups is 1. The monoisotopic (exact) mass is 342 g/mol. The van der Waals surface area contributed by atoms with Gasteiger partial charge in [0, 0.05) is 0 Å². The average Bonchev–Trinajstić information content (AvgIpc) is 2.56. The highest BCUT2D eigenvalue weighted by molar-refractivity contribution is 5.95. The Bertz CT molecular complexity index is 499. The predicted octanol–water partition coefficient (Wildman–Crippen LogP) is 1.80. The molecule has 1 heterocycles. The topological polar surface area (TPSA) is 98.1 Å². The molecule has 0 aromatic carbocycles. The lowest BCUT2D eigenvalue weighted by Gasteiger charge is -2.42. The molecule has 1 N–H and O–H groups in total. The molecule has 0 amide bonds. The molecular weight excluding hydrogens is 316 g/mol. The van der Waals surface area contributed by atoms with Crippen molar-refractivity contribution in [1.82, 2.24) is 5.06 Å². The van der Waals surface area contributed by atoms with Gasteiger partial charge >= 0.3 is 11.9 Å². The molecule has 0 aromatic rings. The number of hydrogen-bond donors (Lipinski definition) is 1. The zero-order valence-electron chi connectivity index (χ0n) is 14.7. The van der Waals surface area contributed by atoms with Gasteiger partial charge in [0.05, 0.1) is 32.4 Å². The van der Waals surface area contributed by atoms with Crippen molar-refractivity contribution in [3.8, 4) is 0 Å². The number of carbonyl (C=O) groups excluding carboxylic acids is 2. The van der Waals surface area contributed by atoms with Gasteiger partial charge in [-0.3, -0.25) is 5.41 Å². The third-order valence-corrected chi connectivity index (χ3v) is 3.72. The van der Waals surface area contributed by atoms with E-state index in [1.807, 2.05) is 13.8 Å². The summed E-state index contributed by atoms with van der Waals surface area (Å²) in [7, 11) is 0. The molecule has 136 valence electrons. The Balaban J connectivity index is 2.98. The van der Waals surface area contributed by atoms with E-state index in [9.17, 15) is 9.59 Å². The number of rotatable bonds is 8. The average molecular weight is 342 g/mol. The summed E-state index contributed by atoms with van der Waals surface area (Å²) in [4.78, 5) is 29.2. The van der Waals surface area contributed by atoms with Gasteiger partial charge in [-0.1, -0.05) is 13.8 Å². The van der Waals surface area contributed by atoms with Crippen LogP contribution in [-0.2, 0) is 28.6 Å². The molecule has 1 fully saturated rings. The van der Waals surface area contributed by atoms with Crippen molar-refractivity contribution in [1.29, 1.82) is 5.41 Å². The van der Waals surface area contributed by atoms with E-state index in [1.54, 1.807) is 13.8 Å². The first-order valence-electron chi connectivity index (χ1n) is 8.18. The second-order valence-corrected chi connectivity index (χ2v) is 5.07. The highest BCUT2D eigenvalue weighted by Crippen LogP contribution is 2.28. The highest BCUT2D eigenvalue weighted by Gasteiger charge is 2.41. The molecule has 1 saturated heterocycles. The van der Waals surface area contributed by atoms with Crippen LogP contribution < -0.4 is 0 Å². The van der Waals surface area contributed by atoms with Gasteiger partial charge in [0.15, 0.2) is 5.84 Å². The Morgan fingerprint density at radius 2 is 1.83 bits per heavy atom. The van der Waals surface area contributed by atoms with Crippen molar-refractivity contribution < 1.29 is 28.6 Å². The van der Waals surface area contributed by atoms with Crippen LogP contribution in [0.1, 0.15) is 40.5 Å². The van der Waals surface area contributed by atoms with Crippen LogP contribution in [0.5, 0.6) is 0 Å². The van der Waals surface area contributed by atoms with Gasteiger partial charge in [-0.05, 0) is 26.7 Å². The Morgan fingerprint density at radius 1 is 1.21 bits per heavy atom. The number of nitrogens with one attached hydrogen (secondary N) is 1. The number of hydrogen-bond acceptors (Lipinski definition) is 7. The standard InChI is InChI=1S/C16H26N2O6/c1-5-16(6-2)15(17)18(9-10-23-16)24-12(14(20)22-8-4)11-13(19)21-7-3/h11,17H,5-10H2,1-4H3. The molecule has 24 heavy (non-hydrogen) atoms. The Kier molecular flexibility index (Phi) is 7.70. The van der Waals surface area contributed by atoms with Gasteiger partial charge < -0.3 is 19.0 Å². The van der Waals surface area contributed by atoms with Crippen LogP contribution in [0.25, 0.3) is 0 Å². The Morgan fingerprint density at radius 3 is 2.38 bits per heavy atom. The quantitative estimate of drug-likeness (QED) is 0.408. The fourth-order valence-corrected chi connectivity index (χ4v) is 2.35. The molecule has 0 radical (unpaired) electrons. The SMILES string of the molecule is CCOC(=O)C=C(ON1CCOC(CC)(CC)C1=N)C(=O)OCC. The number of nitrogens with zero attached hydrogens (tertiary/aromatic N) is 1. The summed E-state index contributed by atoms with van der Waals surface area (Å²) < 4.78 is 15.4. The van der Waals surface area contributed by atoms with Gasteiger partial charge in [-0.15, -0.1) is 0 Å². The van der Waals surface area contributed by atoms with Crippen LogP contribution in [0.2, 0.25) is 0 Å². The molecule has 1 rings (SSSR count). The first-order valence-corrected chi connectivity index (χ1v) is 8.18. The normalized spacial score (nSPS) is 17.4. The van der Waals surface area contributed by atoms with E-state index in [4.69, 9.17) is 24.5 Å². The van der Waals surface area contributed by atoms with E-state index in [0.717, 1.165) is 6.08 Å². The lowest BCUT2D eigenvalue weighted by molar-refractivity contribution is -0.163. The molecule has 0 aromatic heterocycles. The van der Waals surface area contributed by atoms with E-state index in [0.29, 0.717) is 19.4 Å². The number of esters is 2. The van der Waals surface area contributed by atoms with Crippen LogP contribution in [0, 0.1) is 5.41 Å². The highest BCUT2D eigenvalue weighted by atomic mass is 16.7. The molecule has 1 aliphatic rings. The van der Waals surface area contributed by atoms with Gasteiger partial charge in [0.1, 0.15) is 5.60 Å². The van der Waals surface area contributed by atoms with Crippen LogP contribution in [0.15, 0.2) is 11.8 Å². The maximum absolute atomic E-state index is 12.0. The number of hydroxylamine groups is 2. The maximum atomic E-state index is 12.0. The Labute approximate surface area is 142 Å². The minimum atomic E-state index is -0.788. The maximum Gasteiger partial charge on any atom is 0.377 e. The summed E-state index contributed by atoms with van der Waals surface area (Å²) in [6.07, 6.45) is 2.13. The molecule has 0 bridgehead atoms. The fourth-order valence-electron chi connectivity index (χ4n) is 2.35. The summed E-state index contributed by atoms with van der Waals surface area (Å²) in [5.41, 5.74) is -0.762. The van der Waals surface area contributed by atoms with E-state index in [1.165, 1.54) is 5.06 Å². The van der Waals surface area contributed by atoms with Gasteiger partial charge in [-0.2, -0.15) is 5.06 Å². The first kappa shape index (κ1) is 20.0. The van der Waals surface area contributed by atoms with Crippen LogP contribution >= 0.6 is 0 Å². The largest absolute Gasteiger partial charge is 0.463 e. The van der Waals surface area contributed by atoms with E-state index < -0.39 is 17.5 Å². The third-order valence-electron chi connectivity index (χ3n) is 3.72. The van der Waals surface area contributed by atoms with E-state index >= 15 is 0 Å². The number of ether oxygens (including phenoxy) is 3. The van der Waals surface area contributed by atoms with Crippen LogP contribution in [0.4, 0.5) is 0 Å². The minimum Gasteiger partial charge on any atom is -0.463 e. The molecular formula is C16H26N2O6. The van der Waals surface area contributed by atoms with Gasteiger partial charge in [-0.25, -0.2) is 9.59 Å². The smallest absolute Gasteiger partial charge is 0.377 e. The summed E-state index contributed by atoms with van der Waals surface area (Å²) in [5.74, 6) is -1.71. The molecule has 0 saturated carbocycles. The number of carbonyl (C=O) groups is 2. The van der Waals surface area contributed by atoms with E-state index in [-0.39, 0.29) is 31.4 Å². The molecule has 0 unspecified atom stereocenters. The van der Waals surface area contributed by atoms with Crippen molar-refractivity contribution in [3.63, 3.8) is 0 Å². The zero-order valence-corrected chi connectivity index (χ0v) is 14.7. The number of morpholine rings is 1. The lowest BCUT2D eigenvalue weighted by atomic mass is 9.94.